The molecular weight excluding hydrogens is 232 g/mol. The largest absolute Gasteiger partial charge is 0.479 e. The fraction of sp³-hybridized carbons (Fsp3) is 0.900. The maximum Gasteiger partial charge on any atom is 0.335 e. The smallest absolute Gasteiger partial charge is 0.335 e. The molecule has 7 nitrogen and oxygen atoms in total. The van der Waals surface area contributed by atoms with Crippen LogP contribution in [0.2, 0.25) is 0 Å². The van der Waals surface area contributed by atoms with Crippen LogP contribution < -0.4 is 0 Å². The van der Waals surface area contributed by atoms with Crippen molar-refractivity contribution in [3.8, 4) is 0 Å². The molecule has 0 aromatic heterocycles. The molecule has 1 fully saturated rings. The lowest BCUT2D eigenvalue weighted by Gasteiger charge is -2.40. The van der Waals surface area contributed by atoms with Gasteiger partial charge >= 0.3 is 5.97 Å². The van der Waals surface area contributed by atoms with E-state index in [1.54, 1.807) is 20.8 Å². The lowest BCUT2D eigenvalue weighted by atomic mass is 9.98. The summed E-state index contributed by atoms with van der Waals surface area (Å²) < 4.78 is 10.2. The highest BCUT2D eigenvalue weighted by Crippen LogP contribution is 2.25. The maximum absolute atomic E-state index is 10.8. The molecule has 1 aliphatic heterocycles. The van der Waals surface area contributed by atoms with E-state index in [2.05, 4.69) is 0 Å². The van der Waals surface area contributed by atoms with Crippen molar-refractivity contribution in [1.82, 2.24) is 0 Å². The lowest BCUT2D eigenvalue weighted by Crippen LogP contribution is -2.61. The first-order chi connectivity index (χ1) is 7.63. The van der Waals surface area contributed by atoms with E-state index in [-0.39, 0.29) is 0 Å². The highest BCUT2D eigenvalue weighted by atomic mass is 16.7. The minimum atomic E-state index is -1.69. The minimum Gasteiger partial charge on any atom is -0.479 e. The molecule has 100 valence electrons. The fourth-order valence-electron chi connectivity index (χ4n) is 1.50. The molecule has 4 N–H and O–H groups in total. The van der Waals surface area contributed by atoms with E-state index in [1.807, 2.05) is 0 Å². The fourth-order valence-corrected chi connectivity index (χ4v) is 1.50. The minimum absolute atomic E-state index is 0.684. The highest BCUT2D eigenvalue weighted by Gasteiger charge is 2.48. The van der Waals surface area contributed by atoms with Gasteiger partial charge in [0, 0.05) is 0 Å². The molecule has 1 rings (SSSR count). The van der Waals surface area contributed by atoms with Crippen molar-refractivity contribution < 1.29 is 34.7 Å². The molecular formula is C10H18O7. The zero-order chi connectivity index (χ0) is 13.4. The third-order valence-electron chi connectivity index (χ3n) is 2.28. The molecule has 0 saturated carbocycles. The second-order valence-corrected chi connectivity index (χ2v) is 4.97. The Morgan fingerprint density at radius 2 is 1.65 bits per heavy atom. The summed E-state index contributed by atoms with van der Waals surface area (Å²) in [6.45, 7) is 5.07. The van der Waals surface area contributed by atoms with E-state index in [4.69, 9.17) is 14.6 Å². The summed E-state index contributed by atoms with van der Waals surface area (Å²) in [5, 5.41) is 37.3. The summed E-state index contributed by atoms with van der Waals surface area (Å²) in [6, 6.07) is 0. The zero-order valence-corrected chi connectivity index (χ0v) is 9.90. The van der Waals surface area contributed by atoms with Crippen LogP contribution in [0.3, 0.4) is 0 Å². The Balaban J connectivity index is 2.82. The van der Waals surface area contributed by atoms with Crippen molar-refractivity contribution in [2.75, 3.05) is 0 Å². The second-order valence-electron chi connectivity index (χ2n) is 4.97. The number of carboxylic acids is 1. The number of carboxylic acid groups (broad SMARTS) is 1. The van der Waals surface area contributed by atoms with Crippen LogP contribution in [-0.4, -0.2) is 62.7 Å². The van der Waals surface area contributed by atoms with Crippen molar-refractivity contribution in [2.24, 2.45) is 0 Å². The molecule has 0 bridgehead atoms. The molecule has 17 heavy (non-hydrogen) atoms. The molecule has 0 aromatic carbocycles. The average Bonchev–Trinajstić information content (AvgIpc) is 2.16. The van der Waals surface area contributed by atoms with E-state index in [1.165, 1.54) is 0 Å². The van der Waals surface area contributed by atoms with Crippen molar-refractivity contribution in [3.63, 3.8) is 0 Å². The molecule has 7 heteroatoms. The van der Waals surface area contributed by atoms with Gasteiger partial charge in [-0.3, -0.25) is 0 Å². The number of ether oxygens (including phenoxy) is 2. The predicted octanol–water partition coefficient (Wildman–Crippen LogP) is -1.31. The number of hydrogen-bond acceptors (Lipinski definition) is 6. The van der Waals surface area contributed by atoms with Gasteiger partial charge in [-0.25, -0.2) is 4.79 Å². The summed E-state index contributed by atoms with van der Waals surface area (Å²) in [6.07, 6.45) is -7.74. The zero-order valence-electron chi connectivity index (χ0n) is 9.90. The number of hydrogen-bond donors (Lipinski definition) is 4. The van der Waals surface area contributed by atoms with Gasteiger partial charge in [-0.15, -0.1) is 0 Å². The summed E-state index contributed by atoms with van der Waals surface area (Å²) in [5.41, 5.74) is -0.684. The topological polar surface area (TPSA) is 116 Å². The van der Waals surface area contributed by atoms with Crippen LogP contribution in [-0.2, 0) is 14.3 Å². The first kappa shape index (κ1) is 14.3. The van der Waals surface area contributed by atoms with Crippen LogP contribution in [0, 0.1) is 0 Å². The van der Waals surface area contributed by atoms with Crippen LogP contribution in [0.5, 0.6) is 0 Å². The molecule has 1 saturated heterocycles. The second kappa shape index (κ2) is 4.87. The number of aliphatic carboxylic acids is 1. The summed E-state index contributed by atoms with van der Waals surface area (Å²) in [7, 11) is 0. The van der Waals surface area contributed by atoms with Crippen molar-refractivity contribution in [1.29, 1.82) is 0 Å². The number of carbonyl (C=O) groups is 1. The highest BCUT2D eigenvalue weighted by molar-refractivity contribution is 5.73. The van der Waals surface area contributed by atoms with Crippen molar-refractivity contribution in [2.45, 2.75) is 57.1 Å². The van der Waals surface area contributed by atoms with Crippen LogP contribution in [0.4, 0.5) is 0 Å². The predicted molar refractivity (Wildman–Crippen MR) is 55.2 cm³/mol. The van der Waals surface area contributed by atoms with Crippen LogP contribution >= 0.6 is 0 Å². The Bertz CT molecular complexity index is 285. The van der Waals surface area contributed by atoms with Gasteiger partial charge in [0.1, 0.15) is 18.3 Å². The molecule has 1 heterocycles. The molecule has 0 unspecified atom stereocenters. The Morgan fingerprint density at radius 1 is 1.12 bits per heavy atom. The van der Waals surface area contributed by atoms with Crippen LogP contribution in [0.15, 0.2) is 0 Å². The maximum atomic E-state index is 10.8. The summed E-state index contributed by atoms with van der Waals surface area (Å²) >= 11 is 0. The molecule has 0 amide bonds. The van der Waals surface area contributed by atoms with E-state index in [9.17, 15) is 20.1 Å². The van der Waals surface area contributed by atoms with E-state index >= 15 is 0 Å². The van der Waals surface area contributed by atoms with E-state index < -0.39 is 42.3 Å². The summed E-state index contributed by atoms with van der Waals surface area (Å²) in [4.78, 5) is 10.8. The van der Waals surface area contributed by atoms with Gasteiger partial charge < -0.3 is 29.9 Å². The number of aliphatic hydroxyl groups is 3. The van der Waals surface area contributed by atoms with Gasteiger partial charge in [-0.05, 0) is 20.8 Å². The number of rotatable bonds is 2. The average molecular weight is 250 g/mol. The third kappa shape index (κ3) is 3.36. The first-order valence-corrected chi connectivity index (χ1v) is 5.24. The Hall–Kier alpha value is -0.730. The first-order valence-electron chi connectivity index (χ1n) is 5.24. The van der Waals surface area contributed by atoms with Crippen LogP contribution in [0.1, 0.15) is 20.8 Å². The standard InChI is InChI=1S/C10H18O7/c1-10(2,3)17-9-6(13)4(11)5(12)7(16-9)8(14)15/h4-7,9,11-13H,1-3H3,(H,14,15)/t4-,5+,6+,7+,9+/m1/s1. The van der Waals surface area contributed by atoms with Gasteiger partial charge in [0.05, 0.1) is 5.60 Å². The van der Waals surface area contributed by atoms with Gasteiger partial charge in [0.25, 0.3) is 0 Å². The molecule has 0 aromatic rings. The molecule has 5 atom stereocenters. The van der Waals surface area contributed by atoms with Gasteiger partial charge in [0.2, 0.25) is 0 Å². The van der Waals surface area contributed by atoms with Gasteiger partial charge in [0.15, 0.2) is 12.4 Å². The summed E-state index contributed by atoms with van der Waals surface area (Å²) in [5.74, 6) is -1.43. The Kier molecular flexibility index (Phi) is 4.11. The van der Waals surface area contributed by atoms with Crippen molar-refractivity contribution >= 4 is 5.97 Å². The Morgan fingerprint density at radius 3 is 2.06 bits per heavy atom. The monoisotopic (exact) mass is 250 g/mol. The SMILES string of the molecule is CC(C)(C)O[C@@H]1O[C@H](C(=O)O)[C@@H](O)[C@@H](O)[C@@H]1O. The van der Waals surface area contributed by atoms with E-state index in [0.29, 0.717) is 0 Å². The molecule has 0 radical (unpaired) electrons. The number of aliphatic hydroxyl groups excluding tert-OH is 3. The molecule has 0 spiro atoms. The molecule has 1 aliphatic rings. The third-order valence-corrected chi connectivity index (χ3v) is 2.28. The normalized spacial score (nSPS) is 39.1. The Labute approximate surface area is 98.6 Å². The van der Waals surface area contributed by atoms with Gasteiger partial charge in [-0.1, -0.05) is 0 Å². The molecule has 0 aliphatic carbocycles. The van der Waals surface area contributed by atoms with Crippen molar-refractivity contribution in [3.05, 3.63) is 0 Å². The lowest BCUT2D eigenvalue weighted by molar-refractivity contribution is -0.314. The quantitative estimate of drug-likeness (QED) is 0.481. The van der Waals surface area contributed by atoms with Crippen LogP contribution in [0.25, 0.3) is 0 Å². The van der Waals surface area contributed by atoms with Gasteiger partial charge in [-0.2, -0.15) is 0 Å². The van der Waals surface area contributed by atoms with E-state index in [0.717, 1.165) is 0 Å².